The predicted molar refractivity (Wildman–Crippen MR) is 103 cm³/mol. The Bertz CT molecular complexity index is 596. The molecule has 0 aromatic heterocycles. The maximum absolute atomic E-state index is 2.49. The monoisotopic (exact) mass is 325 g/mol. The van der Waals surface area contributed by atoms with Gasteiger partial charge in [0.2, 0.25) is 0 Å². The van der Waals surface area contributed by atoms with E-state index < -0.39 is 0 Å². The molecule has 1 nitrogen and oxygen atoms in total. The minimum Gasteiger partial charge on any atom is -0.302 e. The van der Waals surface area contributed by atoms with Gasteiger partial charge in [0.25, 0.3) is 0 Å². The highest BCUT2D eigenvalue weighted by atomic mass is 31.1. The molecule has 2 heteroatoms. The second-order valence-corrected chi connectivity index (χ2v) is 9.33. The van der Waals surface area contributed by atoms with Crippen LogP contribution in [0.4, 0.5) is 0 Å². The molecule has 0 radical (unpaired) electrons. The van der Waals surface area contributed by atoms with Crippen LogP contribution in [0.15, 0.2) is 60.7 Å². The summed E-state index contributed by atoms with van der Waals surface area (Å²) in [4.78, 5) is 2.44. The Labute approximate surface area is 142 Å². The molecule has 1 saturated carbocycles. The van der Waals surface area contributed by atoms with Crippen molar-refractivity contribution >= 4 is 13.2 Å². The van der Waals surface area contributed by atoms with E-state index in [4.69, 9.17) is 0 Å². The first kappa shape index (κ1) is 16.7. The number of nitrogens with zero attached hydrogens (tertiary/aromatic N) is 1. The van der Waals surface area contributed by atoms with Gasteiger partial charge in [0.15, 0.2) is 0 Å². The fourth-order valence-electron chi connectivity index (χ4n) is 4.25. The van der Waals surface area contributed by atoms with E-state index in [1.165, 1.54) is 24.8 Å². The van der Waals surface area contributed by atoms with Crippen LogP contribution < -0.4 is 5.30 Å². The lowest BCUT2D eigenvalue weighted by atomic mass is 9.90. The summed E-state index contributed by atoms with van der Waals surface area (Å²) in [5.74, 6) is 0.767. The molecule has 1 fully saturated rings. The highest BCUT2D eigenvalue weighted by molar-refractivity contribution is 7.65. The van der Waals surface area contributed by atoms with Crippen molar-refractivity contribution in [1.82, 2.24) is 4.90 Å². The van der Waals surface area contributed by atoms with Gasteiger partial charge in [-0.15, -0.1) is 0 Å². The van der Waals surface area contributed by atoms with Gasteiger partial charge in [-0.1, -0.05) is 75.0 Å². The molecule has 1 aliphatic carbocycles. The minimum absolute atomic E-state index is 0.0904. The Morgan fingerprint density at radius 2 is 1.52 bits per heavy atom. The molecule has 0 aliphatic heterocycles. The average molecular weight is 325 g/mol. The summed E-state index contributed by atoms with van der Waals surface area (Å²) >= 11 is 0. The number of hydrogen-bond donors (Lipinski definition) is 0. The zero-order valence-corrected chi connectivity index (χ0v) is 15.4. The smallest absolute Gasteiger partial charge is 0.0376 e. The lowest BCUT2D eigenvalue weighted by Gasteiger charge is -2.36. The summed E-state index contributed by atoms with van der Waals surface area (Å²) < 4.78 is 0. The fourth-order valence-corrected chi connectivity index (χ4v) is 6.73. The third-order valence-electron chi connectivity index (χ3n) is 5.30. The molecular formula is C21H28NP. The third kappa shape index (κ3) is 3.67. The van der Waals surface area contributed by atoms with Crippen LogP contribution in [-0.4, -0.2) is 31.3 Å². The summed E-state index contributed by atoms with van der Waals surface area (Å²) in [6.07, 6.45) is 4.13. The van der Waals surface area contributed by atoms with Crippen molar-refractivity contribution in [3.8, 4) is 0 Å². The lowest BCUT2D eigenvalue weighted by Crippen LogP contribution is -2.32. The van der Waals surface area contributed by atoms with Crippen molar-refractivity contribution in [2.24, 2.45) is 5.92 Å². The molecule has 3 unspecified atom stereocenters. The Balaban J connectivity index is 1.87. The van der Waals surface area contributed by atoms with E-state index >= 15 is 0 Å². The van der Waals surface area contributed by atoms with Crippen LogP contribution in [0.2, 0.25) is 0 Å². The number of rotatable bonds is 5. The van der Waals surface area contributed by atoms with Crippen molar-refractivity contribution in [2.45, 2.75) is 31.0 Å². The normalized spacial score (nSPS) is 23.8. The van der Waals surface area contributed by atoms with E-state index in [0.29, 0.717) is 6.04 Å². The summed E-state index contributed by atoms with van der Waals surface area (Å²) in [7, 11) is 4.40. The highest BCUT2D eigenvalue weighted by Crippen LogP contribution is 2.52. The van der Waals surface area contributed by atoms with Crippen molar-refractivity contribution in [3.63, 3.8) is 0 Å². The second kappa shape index (κ2) is 7.60. The van der Waals surface area contributed by atoms with Crippen molar-refractivity contribution in [2.75, 3.05) is 20.8 Å². The van der Waals surface area contributed by atoms with Gasteiger partial charge >= 0.3 is 0 Å². The first-order chi connectivity index (χ1) is 11.2. The third-order valence-corrected chi connectivity index (χ3v) is 8.04. The van der Waals surface area contributed by atoms with Gasteiger partial charge in [-0.05, 0) is 56.0 Å². The lowest BCUT2D eigenvalue weighted by molar-refractivity contribution is 0.217. The minimum atomic E-state index is -0.0904. The van der Waals surface area contributed by atoms with Crippen molar-refractivity contribution in [1.29, 1.82) is 0 Å². The molecule has 122 valence electrons. The molecule has 2 aromatic carbocycles. The van der Waals surface area contributed by atoms with Gasteiger partial charge in [0.1, 0.15) is 0 Å². The standard InChI is InChI=1S/C21H28NP/c1-22(2)21(17-11-6-4-7-12-17)19-15-10-16-20(19)23(3)18-13-8-5-9-14-18/h4-9,11-14,19-21H,10,15-16H2,1-3H3/t19?,20?,21-,23?/m1/s1. The molecular weight excluding hydrogens is 297 g/mol. The predicted octanol–water partition coefficient (Wildman–Crippen LogP) is 4.90. The van der Waals surface area contributed by atoms with Crippen LogP contribution in [0.5, 0.6) is 0 Å². The topological polar surface area (TPSA) is 3.24 Å². The molecule has 1 aliphatic rings. The van der Waals surface area contributed by atoms with Gasteiger partial charge in [-0.2, -0.15) is 0 Å². The number of benzene rings is 2. The van der Waals surface area contributed by atoms with E-state index in [1.54, 1.807) is 5.30 Å². The maximum Gasteiger partial charge on any atom is 0.0376 e. The van der Waals surface area contributed by atoms with Crippen molar-refractivity contribution < 1.29 is 0 Å². The van der Waals surface area contributed by atoms with Crippen LogP contribution in [0.25, 0.3) is 0 Å². The largest absolute Gasteiger partial charge is 0.302 e. The van der Waals surface area contributed by atoms with E-state index in [-0.39, 0.29) is 7.92 Å². The molecule has 0 spiro atoms. The first-order valence-electron chi connectivity index (χ1n) is 8.67. The second-order valence-electron chi connectivity index (χ2n) is 6.93. The van der Waals surface area contributed by atoms with Crippen molar-refractivity contribution in [3.05, 3.63) is 66.2 Å². The number of hydrogen-bond acceptors (Lipinski definition) is 1. The summed E-state index contributed by atoms with van der Waals surface area (Å²) in [6, 6.07) is 22.8. The zero-order chi connectivity index (χ0) is 16.2. The van der Waals surface area contributed by atoms with Gasteiger partial charge in [0, 0.05) is 6.04 Å². The van der Waals surface area contributed by atoms with Gasteiger partial charge in [-0.25, -0.2) is 0 Å². The van der Waals surface area contributed by atoms with Crippen LogP contribution in [0, 0.1) is 5.92 Å². The quantitative estimate of drug-likeness (QED) is 0.707. The van der Waals surface area contributed by atoms with Crippen LogP contribution in [0.1, 0.15) is 30.9 Å². The van der Waals surface area contributed by atoms with E-state index in [2.05, 4.69) is 86.3 Å². The van der Waals surface area contributed by atoms with Gasteiger partial charge in [0.05, 0.1) is 0 Å². The summed E-state index contributed by atoms with van der Waals surface area (Å²) in [5, 5.41) is 1.56. The van der Waals surface area contributed by atoms with Crippen LogP contribution in [-0.2, 0) is 0 Å². The maximum atomic E-state index is 2.49. The molecule has 0 saturated heterocycles. The Hall–Kier alpha value is -1.17. The molecule has 3 rings (SSSR count). The Morgan fingerprint density at radius 3 is 2.13 bits per heavy atom. The molecule has 0 N–H and O–H groups in total. The molecule has 2 aromatic rings. The van der Waals surface area contributed by atoms with Gasteiger partial charge in [-0.3, -0.25) is 0 Å². The van der Waals surface area contributed by atoms with Gasteiger partial charge < -0.3 is 4.90 Å². The SMILES string of the molecule is CN(C)[C@H](c1ccccc1)C1CCCC1P(C)c1ccccc1. The van der Waals surface area contributed by atoms with E-state index in [9.17, 15) is 0 Å². The fraction of sp³-hybridized carbons (Fsp3) is 0.429. The van der Waals surface area contributed by atoms with E-state index in [0.717, 1.165) is 11.6 Å². The summed E-state index contributed by atoms with van der Waals surface area (Å²) in [6.45, 7) is 2.49. The Kier molecular flexibility index (Phi) is 5.51. The molecule has 23 heavy (non-hydrogen) atoms. The Morgan fingerprint density at radius 1 is 0.913 bits per heavy atom. The molecule has 0 amide bonds. The summed E-state index contributed by atoms with van der Waals surface area (Å²) in [5.41, 5.74) is 2.31. The van der Waals surface area contributed by atoms with E-state index in [1.807, 2.05) is 0 Å². The molecule has 4 atom stereocenters. The van der Waals surface area contributed by atoms with Crippen LogP contribution in [0.3, 0.4) is 0 Å². The first-order valence-corrected chi connectivity index (χ1v) is 10.5. The van der Waals surface area contributed by atoms with Crippen LogP contribution >= 0.6 is 7.92 Å². The molecule has 0 bridgehead atoms. The highest BCUT2D eigenvalue weighted by Gasteiger charge is 2.38. The average Bonchev–Trinajstić information content (AvgIpc) is 3.05. The zero-order valence-electron chi connectivity index (χ0n) is 14.5. The molecule has 0 heterocycles.